The van der Waals surface area contributed by atoms with Crippen molar-refractivity contribution in [3.05, 3.63) is 28.7 Å². The highest BCUT2D eigenvalue weighted by Crippen LogP contribution is 2.20. The van der Waals surface area contributed by atoms with Crippen LogP contribution >= 0.6 is 15.9 Å². The van der Waals surface area contributed by atoms with Gasteiger partial charge in [-0.2, -0.15) is 4.31 Å². The van der Waals surface area contributed by atoms with Crippen LogP contribution in [0, 0.1) is 0 Å². The van der Waals surface area contributed by atoms with Gasteiger partial charge in [0.05, 0.1) is 4.90 Å². The molecule has 0 aliphatic carbocycles. The van der Waals surface area contributed by atoms with E-state index in [1.807, 2.05) is 0 Å². The average Bonchev–Trinajstić information content (AvgIpc) is 2.39. The minimum Gasteiger partial charge on any atom is -0.340 e. The molecule has 0 N–H and O–H groups in total. The van der Waals surface area contributed by atoms with E-state index in [1.165, 1.54) is 11.2 Å². The first kappa shape index (κ1) is 14.5. The smallest absolute Gasteiger partial charge is 0.243 e. The largest absolute Gasteiger partial charge is 0.340 e. The summed E-state index contributed by atoms with van der Waals surface area (Å²) in [5.41, 5.74) is 0. The SMILES string of the molecule is CC(=O)N1CCN(S(=O)(=O)c2ccc(Br)cc2)CC1. The standard InChI is InChI=1S/C12H15BrN2O3S/c1-10(16)14-6-8-15(9-7-14)19(17,18)12-4-2-11(13)3-5-12/h2-5H,6-9H2,1H3. The number of rotatable bonds is 2. The Hall–Kier alpha value is -0.920. The predicted octanol–water partition coefficient (Wildman–Crippen LogP) is 1.30. The van der Waals surface area contributed by atoms with Crippen LogP contribution in [0.25, 0.3) is 0 Å². The van der Waals surface area contributed by atoms with Gasteiger partial charge in [0.1, 0.15) is 0 Å². The molecule has 1 saturated heterocycles. The van der Waals surface area contributed by atoms with Gasteiger partial charge in [0.15, 0.2) is 0 Å². The third kappa shape index (κ3) is 3.16. The third-order valence-corrected chi connectivity index (χ3v) is 5.58. The van der Waals surface area contributed by atoms with Gasteiger partial charge in [-0.3, -0.25) is 4.79 Å². The van der Waals surface area contributed by atoms with E-state index in [0.717, 1.165) is 4.47 Å². The molecule has 1 heterocycles. The molecular formula is C12H15BrN2O3S. The summed E-state index contributed by atoms with van der Waals surface area (Å²) < 4.78 is 27.0. The van der Waals surface area contributed by atoms with Gasteiger partial charge in [0.2, 0.25) is 15.9 Å². The van der Waals surface area contributed by atoms with Crippen molar-refractivity contribution in [1.29, 1.82) is 0 Å². The second kappa shape index (κ2) is 5.60. The second-order valence-corrected chi connectivity index (χ2v) is 7.22. The number of carbonyl (C=O) groups is 1. The molecule has 1 aliphatic heterocycles. The molecule has 2 rings (SSSR count). The number of carbonyl (C=O) groups excluding carboxylic acids is 1. The molecule has 7 heteroatoms. The average molecular weight is 347 g/mol. The first-order valence-electron chi connectivity index (χ1n) is 5.92. The maximum Gasteiger partial charge on any atom is 0.243 e. The van der Waals surface area contributed by atoms with E-state index in [2.05, 4.69) is 15.9 Å². The number of hydrogen-bond donors (Lipinski definition) is 0. The van der Waals surface area contributed by atoms with Crippen LogP contribution in [0.5, 0.6) is 0 Å². The van der Waals surface area contributed by atoms with Crippen molar-refractivity contribution in [2.45, 2.75) is 11.8 Å². The fourth-order valence-electron chi connectivity index (χ4n) is 2.00. The first-order chi connectivity index (χ1) is 8.91. The summed E-state index contributed by atoms with van der Waals surface area (Å²) in [6.07, 6.45) is 0. The summed E-state index contributed by atoms with van der Waals surface area (Å²) in [5.74, 6) is -0.0133. The lowest BCUT2D eigenvalue weighted by molar-refractivity contribution is -0.129. The molecule has 0 bridgehead atoms. The van der Waals surface area contributed by atoms with Crippen molar-refractivity contribution in [2.75, 3.05) is 26.2 Å². The van der Waals surface area contributed by atoms with Gasteiger partial charge in [-0.05, 0) is 24.3 Å². The van der Waals surface area contributed by atoms with Gasteiger partial charge in [0, 0.05) is 37.6 Å². The third-order valence-electron chi connectivity index (χ3n) is 3.14. The molecular weight excluding hydrogens is 332 g/mol. The predicted molar refractivity (Wildman–Crippen MR) is 75.2 cm³/mol. The summed E-state index contributed by atoms with van der Waals surface area (Å²) in [4.78, 5) is 13.2. The van der Waals surface area contributed by atoms with E-state index in [0.29, 0.717) is 26.2 Å². The fraction of sp³-hybridized carbons (Fsp3) is 0.417. The van der Waals surface area contributed by atoms with Crippen LogP contribution in [0.2, 0.25) is 0 Å². The summed E-state index contributed by atoms with van der Waals surface area (Å²) >= 11 is 3.28. The zero-order valence-electron chi connectivity index (χ0n) is 10.5. The quantitative estimate of drug-likeness (QED) is 0.810. The molecule has 1 aromatic carbocycles. The summed E-state index contributed by atoms with van der Waals surface area (Å²) in [6.45, 7) is 3.09. The molecule has 1 aromatic rings. The van der Waals surface area contributed by atoms with Crippen LogP contribution in [-0.4, -0.2) is 49.7 Å². The maximum absolute atomic E-state index is 12.4. The van der Waals surface area contributed by atoms with E-state index >= 15 is 0 Å². The van der Waals surface area contributed by atoms with E-state index in [1.54, 1.807) is 29.2 Å². The van der Waals surface area contributed by atoms with Crippen molar-refractivity contribution >= 4 is 31.9 Å². The van der Waals surface area contributed by atoms with Crippen molar-refractivity contribution in [1.82, 2.24) is 9.21 Å². The molecule has 104 valence electrons. The van der Waals surface area contributed by atoms with Crippen molar-refractivity contribution in [3.63, 3.8) is 0 Å². The zero-order chi connectivity index (χ0) is 14.0. The Kier molecular flexibility index (Phi) is 4.27. The number of halogens is 1. The van der Waals surface area contributed by atoms with Gasteiger partial charge in [-0.25, -0.2) is 8.42 Å². The maximum atomic E-state index is 12.4. The molecule has 0 atom stereocenters. The normalized spacial score (nSPS) is 17.5. The van der Waals surface area contributed by atoms with Gasteiger partial charge in [-0.1, -0.05) is 15.9 Å². The summed E-state index contributed by atoms with van der Waals surface area (Å²) in [7, 11) is -3.45. The van der Waals surface area contributed by atoms with Gasteiger partial charge < -0.3 is 4.90 Å². The molecule has 0 aromatic heterocycles. The number of sulfonamides is 1. The van der Waals surface area contributed by atoms with Crippen LogP contribution in [-0.2, 0) is 14.8 Å². The number of amides is 1. The summed E-state index contributed by atoms with van der Waals surface area (Å²) in [6, 6.07) is 6.57. The molecule has 0 spiro atoms. The lowest BCUT2D eigenvalue weighted by atomic mass is 10.3. The minimum absolute atomic E-state index is 0.0133. The number of hydrogen-bond acceptors (Lipinski definition) is 3. The van der Waals surface area contributed by atoms with Crippen LogP contribution in [0.3, 0.4) is 0 Å². The Labute approximate surface area is 121 Å². The van der Waals surface area contributed by atoms with Gasteiger partial charge in [-0.15, -0.1) is 0 Å². The monoisotopic (exact) mass is 346 g/mol. The van der Waals surface area contributed by atoms with E-state index in [4.69, 9.17) is 0 Å². The topological polar surface area (TPSA) is 57.7 Å². The Balaban J connectivity index is 2.14. The Morgan fingerprint density at radius 3 is 2.11 bits per heavy atom. The highest BCUT2D eigenvalue weighted by Gasteiger charge is 2.28. The van der Waals surface area contributed by atoms with E-state index in [9.17, 15) is 13.2 Å². The lowest BCUT2D eigenvalue weighted by Gasteiger charge is -2.33. The number of piperazine rings is 1. The highest BCUT2D eigenvalue weighted by molar-refractivity contribution is 9.10. The van der Waals surface area contributed by atoms with E-state index in [-0.39, 0.29) is 10.8 Å². The Bertz CT molecular complexity index is 563. The molecule has 1 amide bonds. The minimum atomic E-state index is -3.45. The van der Waals surface area contributed by atoms with Crippen molar-refractivity contribution < 1.29 is 13.2 Å². The van der Waals surface area contributed by atoms with Crippen molar-refractivity contribution in [3.8, 4) is 0 Å². The fourth-order valence-corrected chi connectivity index (χ4v) is 3.69. The zero-order valence-corrected chi connectivity index (χ0v) is 12.9. The lowest BCUT2D eigenvalue weighted by Crippen LogP contribution is -2.49. The Morgan fingerprint density at radius 2 is 1.63 bits per heavy atom. The van der Waals surface area contributed by atoms with E-state index < -0.39 is 10.0 Å². The van der Waals surface area contributed by atoms with Gasteiger partial charge >= 0.3 is 0 Å². The molecule has 1 fully saturated rings. The molecule has 0 saturated carbocycles. The van der Waals surface area contributed by atoms with Crippen molar-refractivity contribution in [2.24, 2.45) is 0 Å². The second-order valence-electron chi connectivity index (χ2n) is 4.36. The number of benzene rings is 1. The van der Waals surface area contributed by atoms with Crippen LogP contribution in [0.4, 0.5) is 0 Å². The molecule has 19 heavy (non-hydrogen) atoms. The Morgan fingerprint density at radius 1 is 1.11 bits per heavy atom. The van der Waals surface area contributed by atoms with Crippen LogP contribution in [0.1, 0.15) is 6.92 Å². The molecule has 1 aliphatic rings. The number of nitrogens with zero attached hydrogens (tertiary/aromatic N) is 2. The first-order valence-corrected chi connectivity index (χ1v) is 8.16. The van der Waals surface area contributed by atoms with Crippen LogP contribution < -0.4 is 0 Å². The molecule has 0 unspecified atom stereocenters. The summed E-state index contributed by atoms with van der Waals surface area (Å²) in [5, 5.41) is 0. The van der Waals surface area contributed by atoms with Gasteiger partial charge in [0.25, 0.3) is 0 Å². The van der Waals surface area contributed by atoms with Crippen LogP contribution in [0.15, 0.2) is 33.6 Å². The molecule has 0 radical (unpaired) electrons. The highest BCUT2D eigenvalue weighted by atomic mass is 79.9. The molecule has 5 nitrogen and oxygen atoms in total.